The number of carbonyl (C=O) groups excluding carboxylic acids is 1. The molecular formula is C17H14ClN3O3. The maximum Gasteiger partial charge on any atom is 0.253 e. The maximum absolute atomic E-state index is 11.4. The van der Waals surface area contributed by atoms with Gasteiger partial charge in [-0.1, -0.05) is 41.9 Å². The third kappa shape index (κ3) is 3.91. The van der Waals surface area contributed by atoms with Crippen molar-refractivity contribution in [2.75, 3.05) is 0 Å². The summed E-state index contributed by atoms with van der Waals surface area (Å²) in [6, 6.07) is 14.4. The summed E-state index contributed by atoms with van der Waals surface area (Å²) in [5.74, 6) is 0.465. The van der Waals surface area contributed by atoms with E-state index in [-0.39, 0.29) is 17.9 Å². The first kappa shape index (κ1) is 16.0. The zero-order valence-corrected chi connectivity index (χ0v) is 13.4. The SMILES string of the molecule is NC(=O)c1ccc(Cl)cc1OCc1nnc(Cc2ccccc2)o1. The Labute approximate surface area is 143 Å². The van der Waals surface area contributed by atoms with Crippen LogP contribution in [0, 0.1) is 0 Å². The van der Waals surface area contributed by atoms with Gasteiger partial charge < -0.3 is 14.9 Å². The zero-order chi connectivity index (χ0) is 16.9. The Bertz CT molecular complexity index is 849. The van der Waals surface area contributed by atoms with Gasteiger partial charge in [0.05, 0.1) is 12.0 Å². The highest BCUT2D eigenvalue weighted by molar-refractivity contribution is 6.30. The van der Waals surface area contributed by atoms with Crippen LogP contribution in [0.5, 0.6) is 5.75 Å². The molecule has 0 radical (unpaired) electrons. The average Bonchev–Trinajstić information content (AvgIpc) is 3.01. The Kier molecular flexibility index (Phi) is 4.77. The summed E-state index contributed by atoms with van der Waals surface area (Å²) >= 11 is 5.91. The molecular weight excluding hydrogens is 330 g/mol. The molecule has 1 aromatic heterocycles. The number of rotatable bonds is 6. The smallest absolute Gasteiger partial charge is 0.253 e. The van der Waals surface area contributed by atoms with Gasteiger partial charge in [0.25, 0.3) is 11.8 Å². The number of nitrogens with zero attached hydrogens (tertiary/aromatic N) is 2. The highest BCUT2D eigenvalue weighted by Gasteiger charge is 2.13. The molecule has 0 aliphatic heterocycles. The fourth-order valence-electron chi connectivity index (χ4n) is 2.15. The number of ether oxygens (including phenoxy) is 1. The second-order valence-electron chi connectivity index (χ2n) is 5.05. The molecule has 1 amide bonds. The lowest BCUT2D eigenvalue weighted by molar-refractivity contribution is 0.0995. The Morgan fingerprint density at radius 3 is 2.62 bits per heavy atom. The first-order valence-corrected chi connectivity index (χ1v) is 7.57. The number of hydrogen-bond acceptors (Lipinski definition) is 5. The van der Waals surface area contributed by atoms with E-state index in [9.17, 15) is 4.79 Å². The van der Waals surface area contributed by atoms with Crippen LogP contribution < -0.4 is 10.5 Å². The molecule has 6 nitrogen and oxygen atoms in total. The standard InChI is InChI=1S/C17H14ClN3O3/c18-12-6-7-13(17(19)22)14(9-12)23-10-16-21-20-15(24-16)8-11-4-2-1-3-5-11/h1-7,9H,8,10H2,(H2,19,22). The quantitative estimate of drug-likeness (QED) is 0.742. The third-order valence-corrected chi connectivity index (χ3v) is 3.50. The van der Waals surface area contributed by atoms with Crippen molar-refractivity contribution in [3.63, 3.8) is 0 Å². The second kappa shape index (κ2) is 7.14. The first-order chi connectivity index (χ1) is 11.6. The van der Waals surface area contributed by atoms with Crippen LogP contribution in [-0.2, 0) is 13.0 Å². The average molecular weight is 344 g/mol. The van der Waals surface area contributed by atoms with E-state index >= 15 is 0 Å². The number of carbonyl (C=O) groups is 1. The molecule has 0 saturated heterocycles. The lowest BCUT2D eigenvalue weighted by Crippen LogP contribution is -2.13. The number of primary amides is 1. The maximum atomic E-state index is 11.4. The predicted molar refractivity (Wildman–Crippen MR) is 87.8 cm³/mol. The van der Waals surface area contributed by atoms with Gasteiger partial charge in [0, 0.05) is 5.02 Å². The van der Waals surface area contributed by atoms with Gasteiger partial charge >= 0.3 is 0 Å². The molecule has 0 atom stereocenters. The van der Waals surface area contributed by atoms with E-state index in [1.807, 2.05) is 30.3 Å². The molecule has 0 spiro atoms. The van der Waals surface area contributed by atoms with E-state index in [1.165, 1.54) is 12.1 Å². The number of aromatic nitrogens is 2. The number of amides is 1. The number of nitrogens with two attached hydrogens (primary N) is 1. The van der Waals surface area contributed by atoms with Crippen LogP contribution in [0.25, 0.3) is 0 Å². The second-order valence-corrected chi connectivity index (χ2v) is 5.48. The Morgan fingerprint density at radius 2 is 1.88 bits per heavy atom. The fraction of sp³-hybridized carbons (Fsp3) is 0.118. The summed E-state index contributed by atoms with van der Waals surface area (Å²) < 4.78 is 11.1. The molecule has 1 heterocycles. The summed E-state index contributed by atoms with van der Waals surface area (Å²) in [7, 11) is 0. The molecule has 0 aliphatic carbocycles. The van der Waals surface area contributed by atoms with Crippen molar-refractivity contribution in [1.29, 1.82) is 0 Å². The molecule has 0 fully saturated rings. The molecule has 0 aliphatic rings. The van der Waals surface area contributed by atoms with E-state index in [4.69, 9.17) is 26.5 Å². The molecule has 3 rings (SSSR count). The van der Waals surface area contributed by atoms with Gasteiger partial charge in [0.15, 0.2) is 6.61 Å². The zero-order valence-electron chi connectivity index (χ0n) is 12.6. The summed E-state index contributed by atoms with van der Waals surface area (Å²) in [4.78, 5) is 11.4. The van der Waals surface area contributed by atoms with Gasteiger partial charge in [0.2, 0.25) is 5.89 Å². The minimum absolute atomic E-state index is 0.0163. The van der Waals surface area contributed by atoms with Crippen LogP contribution in [0.2, 0.25) is 5.02 Å². The molecule has 0 unspecified atom stereocenters. The van der Waals surface area contributed by atoms with E-state index in [0.29, 0.717) is 23.2 Å². The third-order valence-electron chi connectivity index (χ3n) is 3.27. The lowest BCUT2D eigenvalue weighted by Gasteiger charge is -2.07. The molecule has 0 bridgehead atoms. The van der Waals surface area contributed by atoms with Crippen LogP contribution >= 0.6 is 11.6 Å². The molecule has 2 N–H and O–H groups in total. The molecule has 3 aromatic rings. The first-order valence-electron chi connectivity index (χ1n) is 7.19. The minimum atomic E-state index is -0.600. The van der Waals surface area contributed by atoms with Crippen molar-refractivity contribution in [3.05, 3.63) is 76.5 Å². The van der Waals surface area contributed by atoms with Crippen molar-refractivity contribution < 1.29 is 13.9 Å². The lowest BCUT2D eigenvalue weighted by atomic mass is 10.2. The van der Waals surface area contributed by atoms with Gasteiger partial charge in [-0.15, -0.1) is 10.2 Å². The van der Waals surface area contributed by atoms with Gasteiger partial charge in [-0.2, -0.15) is 0 Å². The molecule has 122 valence electrons. The summed E-state index contributed by atoms with van der Waals surface area (Å²) in [5.41, 5.74) is 6.62. The fourth-order valence-corrected chi connectivity index (χ4v) is 2.31. The summed E-state index contributed by atoms with van der Waals surface area (Å²) in [6.07, 6.45) is 0.539. The highest BCUT2D eigenvalue weighted by atomic mass is 35.5. The van der Waals surface area contributed by atoms with E-state index in [2.05, 4.69) is 10.2 Å². The topological polar surface area (TPSA) is 91.2 Å². The number of hydrogen-bond donors (Lipinski definition) is 1. The molecule has 0 saturated carbocycles. The van der Waals surface area contributed by atoms with Crippen LogP contribution in [0.3, 0.4) is 0 Å². The molecule has 24 heavy (non-hydrogen) atoms. The Morgan fingerprint density at radius 1 is 1.12 bits per heavy atom. The van der Waals surface area contributed by atoms with Crippen LogP contribution in [-0.4, -0.2) is 16.1 Å². The van der Waals surface area contributed by atoms with E-state index in [0.717, 1.165) is 5.56 Å². The van der Waals surface area contributed by atoms with Crippen molar-refractivity contribution in [3.8, 4) is 5.75 Å². The van der Waals surface area contributed by atoms with Crippen molar-refractivity contribution in [2.45, 2.75) is 13.0 Å². The Balaban J connectivity index is 1.68. The summed E-state index contributed by atoms with van der Waals surface area (Å²) in [6.45, 7) is 0.0163. The van der Waals surface area contributed by atoms with E-state index in [1.54, 1.807) is 6.07 Å². The largest absolute Gasteiger partial charge is 0.483 e. The summed E-state index contributed by atoms with van der Waals surface area (Å²) in [5, 5.41) is 8.35. The van der Waals surface area contributed by atoms with Crippen molar-refractivity contribution in [2.24, 2.45) is 5.73 Å². The van der Waals surface area contributed by atoms with Gasteiger partial charge in [-0.05, 0) is 23.8 Å². The van der Waals surface area contributed by atoms with Crippen molar-refractivity contribution >= 4 is 17.5 Å². The predicted octanol–water partition coefficient (Wildman–Crippen LogP) is 2.99. The van der Waals surface area contributed by atoms with Gasteiger partial charge in [-0.25, -0.2) is 0 Å². The van der Waals surface area contributed by atoms with Crippen LogP contribution in [0.15, 0.2) is 52.9 Å². The van der Waals surface area contributed by atoms with Gasteiger partial charge in [-0.3, -0.25) is 4.79 Å². The number of benzene rings is 2. The van der Waals surface area contributed by atoms with Crippen LogP contribution in [0.1, 0.15) is 27.7 Å². The highest BCUT2D eigenvalue weighted by Crippen LogP contribution is 2.24. The minimum Gasteiger partial charge on any atom is -0.483 e. The van der Waals surface area contributed by atoms with Crippen LogP contribution in [0.4, 0.5) is 0 Å². The van der Waals surface area contributed by atoms with E-state index < -0.39 is 5.91 Å². The number of halogens is 1. The van der Waals surface area contributed by atoms with Crippen molar-refractivity contribution in [1.82, 2.24) is 10.2 Å². The molecule has 7 heteroatoms. The normalized spacial score (nSPS) is 10.5. The monoisotopic (exact) mass is 343 g/mol. The van der Waals surface area contributed by atoms with Gasteiger partial charge in [0.1, 0.15) is 5.75 Å². The molecule has 2 aromatic carbocycles. The Hall–Kier alpha value is -2.86.